The number of fused-ring (bicyclic) bond motifs is 1. The molecular weight excluding hydrogens is 374 g/mol. The first-order valence-corrected chi connectivity index (χ1v) is 9.73. The molecule has 2 heterocycles. The van der Waals surface area contributed by atoms with Crippen molar-refractivity contribution in [1.29, 1.82) is 0 Å². The van der Waals surface area contributed by atoms with Gasteiger partial charge < -0.3 is 15.4 Å². The van der Waals surface area contributed by atoms with E-state index in [0.29, 0.717) is 10.8 Å². The molecule has 2 N–H and O–H groups in total. The van der Waals surface area contributed by atoms with E-state index in [-0.39, 0.29) is 18.2 Å². The fourth-order valence-electron chi connectivity index (χ4n) is 3.31. The Morgan fingerprint density at radius 2 is 2.11 bits per heavy atom. The van der Waals surface area contributed by atoms with Crippen LogP contribution in [-0.4, -0.2) is 23.9 Å². The van der Waals surface area contributed by atoms with Gasteiger partial charge in [0.15, 0.2) is 5.13 Å². The molecule has 0 fully saturated rings. The molecule has 6 nitrogen and oxygen atoms in total. The van der Waals surface area contributed by atoms with Crippen LogP contribution < -0.4 is 15.4 Å². The third kappa shape index (κ3) is 3.48. The van der Waals surface area contributed by atoms with Gasteiger partial charge in [0.25, 0.3) is 0 Å². The van der Waals surface area contributed by atoms with Gasteiger partial charge in [0, 0.05) is 23.1 Å². The number of anilines is 2. The Kier molecular flexibility index (Phi) is 4.83. The smallest absolute Gasteiger partial charge is 0.234 e. The van der Waals surface area contributed by atoms with Gasteiger partial charge in [-0.25, -0.2) is 4.98 Å². The molecule has 0 radical (unpaired) electrons. The first-order chi connectivity index (χ1) is 13.5. The number of nitrogens with one attached hydrogen (secondary N) is 2. The highest BCUT2D eigenvalue weighted by Gasteiger charge is 2.30. The molecule has 4 rings (SSSR count). The Balaban J connectivity index is 1.58. The number of amides is 2. The number of para-hydroxylation sites is 1. The molecule has 0 saturated carbocycles. The molecule has 2 amide bonds. The fourth-order valence-corrected chi connectivity index (χ4v) is 4.03. The molecule has 3 aromatic rings. The summed E-state index contributed by atoms with van der Waals surface area (Å²) in [6.45, 7) is 2.00. The highest BCUT2D eigenvalue weighted by atomic mass is 32.1. The topological polar surface area (TPSA) is 80.3 Å². The van der Waals surface area contributed by atoms with Crippen molar-refractivity contribution in [2.45, 2.75) is 19.3 Å². The third-order valence-corrected chi connectivity index (χ3v) is 5.44. The van der Waals surface area contributed by atoms with Crippen LogP contribution in [-0.2, 0) is 9.59 Å². The summed E-state index contributed by atoms with van der Waals surface area (Å²) < 4.78 is 5.42. The predicted molar refractivity (Wildman–Crippen MR) is 110 cm³/mol. The number of carbonyl (C=O) groups excluding carboxylic acids is 2. The molecule has 0 saturated heterocycles. The minimum Gasteiger partial charge on any atom is -0.496 e. The molecule has 1 atom stereocenters. The molecule has 0 aliphatic carbocycles. The summed E-state index contributed by atoms with van der Waals surface area (Å²) in [5.74, 6) is -0.208. The molecular formula is C21H19N3O3S. The fraction of sp³-hybridized carbons (Fsp3) is 0.190. The highest BCUT2D eigenvalue weighted by Crippen LogP contribution is 2.35. The van der Waals surface area contributed by atoms with Crippen molar-refractivity contribution in [2.75, 3.05) is 17.7 Å². The van der Waals surface area contributed by atoms with E-state index in [1.54, 1.807) is 13.2 Å². The summed E-state index contributed by atoms with van der Waals surface area (Å²) in [6.07, 6.45) is 0.118. The lowest BCUT2D eigenvalue weighted by Gasteiger charge is -2.24. The second-order valence-electron chi connectivity index (χ2n) is 6.62. The normalized spacial score (nSPS) is 15.5. The van der Waals surface area contributed by atoms with Crippen molar-refractivity contribution >= 4 is 34.0 Å². The standard InChI is InChI=1S/C21H19N3O3S/c1-12-7-8-18(27-2)15(9-12)17-11-28-21(23-17)24-20(26)14-10-19(25)22-16-6-4-3-5-13(14)16/h3-9,11,14H,10H2,1-2H3,(H,22,25)(H,23,24,26). The first-order valence-electron chi connectivity index (χ1n) is 8.85. The summed E-state index contributed by atoms with van der Waals surface area (Å²) in [5, 5.41) is 8.05. The van der Waals surface area contributed by atoms with Crippen LogP contribution in [0, 0.1) is 6.92 Å². The number of carbonyl (C=O) groups is 2. The van der Waals surface area contributed by atoms with E-state index in [9.17, 15) is 9.59 Å². The van der Waals surface area contributed by atoms with Crippen molar-refractivity contribution < 1.29 is 14.3 Å². The second kappa shape index (κ2) is 7.44. The molecule has 0 bridgehead atoms. The third-order valence-electron chi connectivity index (χ3n) is 4.68. The van der Waals surface area contributed by atoms with Crippen LogP contribution >= 0.6 is 11.3 Å². The number of thiazole rings is 1. The largest absolute Gasteiger partial charge is 0.496 e. The van der Waals surface area contributed by atoms with Crippen molar-refractivity contribution in [2.24, 2.45) is 0 Å². The zero-order valence-electron chi connectivity index (χ0n) is 15.5. The SMILES string of the molecule is COc1ccc(C)cc1-c1csc(NC(=O)C2CC(=O)Nc3ccccc32)n1. The Morgan fingerprint density at radius 1 is 1.29 bits per heavy atom. The average Bonchev–Trinajstić information content (AvgIpc) is 3.15. The summed E-state index contributed by atoms with van der Waals surface area (Å²) in [4.78, 5) is 29.4. The number of methoxy groups -OCH3 is 1. The number of hydrogen-bond donors (Lipinski definition) is 2. The quantitative estimate of drug-likeness (QED) is 0.696. The predicted octanol–water partition coefficient (Wildman–Crippen LogP) is 4.19. The Labute approximate surface area is 166 Å². The van der Waals surface area contributed by atoms with Crippen LogP contribution in [0.1, 0.15) is 23.5 Å². The van der Waals surface area contributed by atoms with Gasteiger partial charge in [-0.05, 0) is 30.7 Å². The zero-order chi connectivity index (χ0) is 19.7. The summed E-state index contributed by atoms with van der Waals surface area (Å²) in [5.41, 5.74) is 4.21. The summed E-state index contributed by atoms with van der Waals surface area (Å²) in [7, 11) is 1.62. The van der Waals surface area contributed by atoms with Gasteiger partial charge >= 0.3 is 0 Å². The number of aryl methyl sites for hydroxylation is 1. The molecule has 2 aromatic carbocycles. The Hall–Kier alpha value is -3.19. The number of hydrogen-bond acceptors (Lipinski definition) is 5. The van der Waals surface area contributed by atoms with E-state index in [0.717, 1.165) is 28.1 Å². The van der Waals surface area contributed by atoms with Gasteiger partial charge in [-0.2, -0.15) is 0 Å². The number of ether oxygens (including phenoxy) is 1. The Bertz CT molecular complexity index is 1060. The van der Waals surface area contributed by atoms with Gasteiger partial charge in [0.05, 0.1) is 18.7 Å². The molecule has 7 heteroatoms. The molecule has 1 aliphatic rings. The van der Waals surface area contributed by atoms with E-state index in [2.05, 4.69) is 15.6 Å². The molecule has 1 unspecified atom stereocenters. The maximum absolute atomic E-state index is 12.8. The van der Waals surface area contributed by atoms with E-state index >= 15 is 0 Å². The van der Waals surface area contributed by atoms with Crippen molar-refractivity contribution in [3.05, 3.63) is 59.0 Å². The van der Waals surface area contributed by atoms with E-state index in [1.807, 2.05) is 48.7 Å². The van der Waals surface area contributed by atoms with Gasteiger partial charge in [-0.3, -0.25) is 9.59 Å². The van der Waals surface area contributed by atoms with Gasteiger partial charge in [0.1, 0.15) is 5.75 Å². The van der Waals surface area contributed by atoms with Crippen LogP contribution in [0.25, 0.3) is 11.3 Å². The van der Waals surface area contributed by atoms with Gasteiger partial charge in [-0.1, -0.05) is 29.8 Å². The number of benzene rings is 2. The maximum Gasteiger partial charge on any atom is 0.234 e. The van der Waals surface area contributed by atoms with Crippen LogP contribution in [0.3, 0.4) is 0 Å². The molecule has 1 aliphatic heterocycles. The lowest BCUT2D eigenvalue weighted by molar-refractivity contribution is -0.123. The molecule has 1 aromatic heterocycles. The lowest BCUT2D eigenvalue weighted by atomic mass is 9.90. The van der Waals surface area contributed by atoms with Crippen LogP contribution in [0.5, 0.6) is 5.75 Å². The highest BCUT2D eigenvalue weighted by molar-refractivity contribution is 7.14. The van der Waals surface area contributed by atoms with Gasteiger partial charge in [-0.15, -0.1) is 11.3 Å². The van der Waals surface area contributed by atoms with Crippen LogP contribution in [0.15, 0.2) is 47.8 Å². The van der Waals surface area contributed by atoms with Crippen LogP contribution in [0.4, 0.5) is 10.8 Å². The van der Waals surface area contributed by atoms with Crippen molar-refractivity contribution in [3.8, 4) is 17.0 Å². The van der Waals surface area contributed by atoms with Gasteiger partial charge in [0.2, 0.25) is 11.8 Å². The number of aromatic nitrogens is 1. The molecule has 28 heavy (non-hydrogen) atoms. The lowest BCUT2D eigenvalue weighted by Crippen LogP contribution is -2.30. The number of rotatable bonds is 4. The number of nitrogens with zero attached hydrogens (tertiary/aromatic N) is 1. The minimum absolute atomic E-state index is 0.118. The van der Waals surface area contributed by atoms with E-state index in [1.165, 1.54) is 11.3 Å². The van der Waals surface area contributed by atoms with Crippen molar-refractivity contribution in [3.63, 3.8) is 0 Å². The summed E-state index contributed by atoms with van der Waals surface area (Å²) in [6, 6.07) is 13.2. The molecule has 0 spiro atoms. The Morgan fingerprint density at radius 3 is 2.93 bits per heavy atom. The van der Waals surface area contributed by atoms with Crippen LogP contribution in [0.2, 0.25) is 0 Å². The average molecular weight is 393 g/mol. The maximum atomic E-state index is 12.8. The second-order valence-corrected chi connectivity index (χ2v) is 7.48. The van der Waals surface area contributed by atoms with Crippen molar-refractivity contribution in [1.82, 2.24) is 4.98 Å². The van der Waals surface area contributed by atoms with E-state index < -0.39 is 5.92 Å². The molecule has 142 valence electrons. The summed E-state index contributed by atoms with van der Waals surface area (Å²) >= 11 is 1.34. The minimum atomic E-state index is -0.536. The monoisotopic (exact) mass is 393 g/mol. The zero-order valence-corrected chi connectivity index (χ0v) is 16.3. The van der Waals surface area contributed by atoms with E-state index in [4.69, 9.17) is 4.74 Å². The first kappa shape index (κ1) is 18.2.